The maximum atomic E-state index is 6.48. The number of hydrogen-bond donors (Lipinski definition) is 0. The van der Waals surface area contributed by atoms with Gasteiger partial charge in [-0.3, -0.25) is 0 Å². The Morgan fingerprint density at radius 3 is 2.38 bits per heavy atom. The van der Waals surface area contributed by atoms with Crippen molar-refractivity contribution in [1.82, 2.24) is 0 Å². The molecule has 0 aromatic heterocycles. The number of benzene rings is 3. The lowest BCUT2D eigenvalue weighted by Gasteiger charge is -2.21. The second kappa shape index (κ2) is 9.22. The Labute approximate surface area is 167 Å². The van der Waals surface area contributed by atoms with E-state index in [0.29, 0.717) is 18.2 Å². The molecule has 0 aliphatic rings. The van der Waals surface area contributed by atoms with Crippen LogP contribution < -0.4 is 4.74 Å². The van der Waals surface area contributed by atoms with Crippen molar-refractivity contribution < 1.29 is 9.47 Å². The lowest BCUT2D eigenvalue weighted by atomic mass is 10.0. The van der Waals surface area contributed by atoms with Gasteiger partial charge in [0.05, 0.1) is 13.2 Å². The third kappa shape index (κ3) is 4.88. The molecule has 0 unspecified atom stereocenters. The fourth-order valence-electron chi connectivity index (χ4n) is 2.74. The maximum Gasteiger partial charge on any atom is 0.119 e. The summed E-state index contributed by atoms with van der Waals surface area (Å²) >= 11 is 10.0. The standard InChI is InChI=1S/C22H20BrClO2/c1-2-25-19-11-8-17(9-12-19)22(20-14-18(23)10-13-21(20)24)26-15-16-6-4-3-5-7-16/h3-14,22H,2,15H2,1H3/t22-/m1/s1. The fraction of sp³-hybridized carbons (Fsp3) is 0.182. The normalized spacial score (nSPS) is 12.0. The number of hydrogen-bond acceptors (Lipinski definition) is 2. The van der Waals surface area contributed by atoms with Crippen molar-refractivity contribution in [2.75, 3.05) is 6.61 Å². The molecule has 3 aromatic rings. The van der Waals surface area contributed by atoms with E-state index < -0.39 is 0 Å². The van der Waals surface area contributed by atoms with Crippen LogP contribution in [0.2, 0.25) is 5.02 Å². The topological polar surface area (TPSA) is 18.5 Å². The summed E-state index contributed by atoms with van der Waals surface area (Å²) < 4.78 is 12.8. The van der Waals surface area contributed by atoms with Crippen molar-refractivity contribution >= 4 is 27.5 Å². The highest BCUT2D eigenvalue weighted by Crippen LogP contribution is 2.34. The average molecular weight is 432 g/mol. The monoisotopic (exact) mass is 430 g/mol. The van der Waals surface area contributed by atoms with Crippen molar-refractivity contribution in [2.24, 2.45) is 0 Å². The third-order valence-corrected chi connectivity index (χ3v) is 4.83. The van der Waals surface area contributed by atoms with Gasteiger partial charge >= 0.3 is 0 Å². The average Bonchev–Trinajstić information content (AvgIpc) is 2.67. The summed E-state index contributed by atoms with van der Waals surface area (Å²) in [4.78, 5) is 0. The molecule has 0 N–H and O–H groups in total. The number of ether oxygens (including phenoxy) is 2. The molecular formula is C22H20BrClO2. The molecule has 134 valence electrons. The SMILES string of the molecule is CCOc1ccc([C@@H](OCc2ccccc2)c2cc(Br)ccc2Cl)cc1. The van der Waals surface area contributed by atoms with Gasteiger partial charge < -0.3 is 9.47 Å². The quantitative estimate of drug-likeness (QED) is 0.409. The van der Waals surface area contributed by atoms with E-state index in [9.17, 15) is 0 Å². The zero-order chi connectivity index (χ0) is 18.4. The van der Waals surface area contributed by atoms with Gasteiger partial charge in [0, 0.05) is 15.1 Å². The van der Waals surface area contributed by atoms with E-state index >= 15 is 0 Å². The van der Waals surface area contributed by atoms with Gasteiger partial charge in [0.1, 0.15) is 11.9 Å². The van der Waals surface area contributed by atoms with Crippen molar-refractivity contribution in [2.45, 2.75) is 19.6 Å². The van der Waals surface area contributed by atoms with Crippen molar-refractivity contribution in [3.8, 4) is 5.75 Å². The van der Waals surface area contributed by atoms with Crippen LogP contribution in [0.25, 0.3) is 0 Å². The Morgan fingerprint density at radius 1 is 0.962 bits per heavy atom. The van der Waals surface area contributed by atoms with E-state index in [0.717, 1.165) is 26.9 Å². The van der Waals surface area contributed by atoms with Crippen LogP contribution in [0.3, 0.4) is 0 Å². The van der Waals surface area contributed by atoms with Gasteiger partial charge in [0.15, 0.2) is 0 Å². The van der Waals surface area contributed by atoms with E-state index in [1.165, 1.54) is 0 Å². The summed E-state index contributed by atoms with van der Waals surface area (Å²) in [7, 11) is 0. The summed E-state index contributed by atoms with van der Waals surface area (Å²) in [5.74, 6) is 0.846. The van der Waals surface area contributed by atoms with Crippen LogP contribution >= 0.6 is 27.5 Å². The van der Waals surface area contributed by atoms with Gasteiger partial charge in [-0.05, 0) is 48.4 Å². The first-order valence-corrected chi connectivity index (χ1v) is 9.67. The Balaban J connectivity index is 1.91. The molecule has 0 aliphatic carbocycles. The predicted octanol–water partition coefficient (Wildman–Crippen LogP) is 6.81. The van der Waals surface area contributed by atoms with E-state index in [1.807, 2.05) is 67.6 Å². The van der Waals surface area contributed by atoms with E-state index in [2.05, 4.69) is 28.1 Å². The van der Waals surface area contributed by atoms with E-state index in [4.69, 9.17) is 21.1 Å². The van der Waals surface area contributed by atoms with Gasteiger partial charge in [-0.2, -0.15) is 0 Å². The molecule has 0 heterocycles. The maximum absolute atomic E-state index is 6.48. The molecule has 3 aromatic carbocycles. The lowest BCUT2D eigenvalue weighted by Crippen LogP contribution is -2.07. The van der Waals surface area contributed by atoms with Crippen molar-refractivity contribution in [1.29, 1.82) is 0 Å². The Morgan fingerprint density at radius 2 is 1.69 bits per heavy atom. The second-order valence-electron chi connectivity index (χ2n) is 5.84. The highest BCUT2D eigenvalue weighted by molar-refractivity contribution is 9.10. The fourth-order valence-corrected chi connectivity index (χ4v) is 3.34. The first-order chi connectivity index (χ1) is 12.7. The van der Waals surface area contributed by atoms with Crippen LogP contribution in [0.1, 0.15) is 29.7 Å². The zero-order valence-corrected chi connectivity index (χ0v) is 16.8. The summed E-state index contributed by atoms with van der Waals surface area (Å²) in [6.07, 6.45) is -0.268. The Bertz CT molecular complexity index is 835. The van der Waals surface area contributed by atoms with Crippen LogP contribution in [0.4, 0.5) is 0 Å². The van der Waals surface area contributed by atoms with E-state index in [-0.39, 0.29) is 6.10 Å². The van der Waals surface area contributed by atoms with Crippen LogP contribution in [0.5, 0.6) is 5.75 Å². The molecular weight excluding hydrogens is 412 g/mol. The summed E-state index contributed by atoms with van der Waals surface area (Å²) in [6.45, 7) is 3.12. The highest BCUT2D eigenvalue weighted by atomic mass is 79.9. The molecule has 0 fully saturated rings. The van der Waals surface area contributed by atoms with Gasteiger partial charge in [-0.15, -0.1) is 0 Å². The molecule has 0 saturated heterocycles. The minimum Gasteiger partial charge on any atom is -0.494 e. The predicted molar refractivity (Wildman–Crippen MR) is 110 cm³/mol. The van der Waals surface area contributed by atoms with Crippen LogP contribution in [0.15, 0.2) is 77.3 Å². The summed E-state index contributed by atoms with van der Waals surface area (Å²) in [5, 5.41) is 0.681. The number of halogens is 2. The first kappa shape index (κ1) is 19.0. The van der Waals surface area contributed by atoms with Crippen molar-refractivity contribution in [3.05, 3.63) is 99.0 Å². The molecule has 0 aliphatic heterocycles. The number of rotatable bonds is 7. The van der Waals surface area contributed by atoms with Gasteiger partial charge in [-0.1, -0.05) is 70.0 Å². The molecule has 0 radical (unpaired) electrons. The van der Waals surface area contributed by atoms with Gasteiger partial charge in [0.2, 0.25) is 0 Å². The zero-order valence-electron chi connectivity index (χ0n) is 14.5. The van der Waals surface area contributed by atoms with Gasteiger partial charge in [-0.25, -0.2) is 0 Å². The van der Waals surface area contributed by atoms with Crippen LogP contribution in [0, 0.1) is 0 Å². The Hall–Kier alpha value is -1.81. The molecule has 0 amide bonds. The molecule has 3 rings (SSSR count). The first-order valence-electron chi connectivity index (χ1n) is 8.50. The molecule has 0 saturated carbocycles. The van der Waals surface area contributed by atoms with E-state index in [1.54, 1.807) is 0 Å². The van der Waals surface area contributed by atoms with Crippen molar-refractivity contribution in [3.63, 3.8) is 0 Å². The summed E-state index contributed by atoms with van der Waals surface area (Å²) in [6, 6.07) is 23.9. The largest absolute Gasteiger partial charge is 0.494 e. The molecule has 4 heteroatoms. The molecule has 0 spiro atoms. The molecule has 0 bridgehead atoms. The highest BCUT2D eigenvalue weighted by Gasteiger charge is 2.19. The van der Waals surface area contributed by atoms with Gasteiger partial charge in [0.25, 0.3) is 0 Å². The Kier molecular flexibility index (Phi) is 6.73. The summed E-state index contributed by atoms with van der Waals surface area (Å²) in [5.41, 5.74) is 3.08. The molecule has 1 atom stereocenters. The van der Waals surface area contributed by atoms with Crippen LogP contribution in [-0.4, -0.2) is 6.61 Å². The third-order valence-electron chi connectivity index (χ3n) is 3.99. The smallest absolute Gasteiger partial charge is 0.119 e. The lowest BCUT2D eigenvalue weighted by molar-refractivity contribution is 0.0667. The minimum atomic E-state index is -0.268. The molecule has 26 heavy (non-hydrogen) atoms. The van der Waals surface area contributed by atoms with Crippen LogP contribution in [-0.2, 0) is 11.3 Å². The minimum absolute atomic E-state index is 0.268. The molecule has 2 nitrogen and oxygen atoms in total. The second-order valence-corrected chi connectivity index (χ2v) is 7.17.